The normalized spacial score (nSPS) is 17.2. The van der Waals surface area contributed by atoms with Gasteiger partial charge in [0.25, 0.3) is 5.91 Å². The van der Waals surface area contributed by atoms with Crippen LogP contribution in [0.1, 0.15) is 9.67 Å². The summed E-state index contributed by atoms with van der Waals surface area (Å²) in [5.74, 6) is -0.120. The van der Waals surface area contributed by atoms with Gasteiger partial charge in [0.15, 0.2) is 0 Å². The highest BCUT2D eigenvalue weighted by molar-refractivity contribution is 7.17. The molecule has 1 aromatic rings. The SMILES string of the molecule is O=C(c1ccc(Cl)s1)N1CC(F)C1. The van der Waals surface area contributed by atoms with Crippen LogP contribution in [0.15, 0.2) is 12.1 Å². The number of likely N-dealkylation sites (tertiary alicyclic amines) is 1. The van der Waals surface area contributed by atoms with Crippen molar-refractivity contribution in [3.05, 3.63) is 21.3 Å². The molecular formula is C8H7ClFNOS. The van der Waals surface area contributed by atoms with Crippen molar-refractivity contribution in [3.8, 4) is 0 Å². The Morgan fingerprint density at radius 1 is 1.62 bits per heavy atom. The van der Waals surface area contributed by atoms with Gasteiger partial charge in [-0.2, -0.15) is 0 Å². The van der Waals surface area contributed by atoms with Crippen molar-refractivity contribution in [1.82, 2.24) is 4.90 Å². The van der Waals surface area contributed by atoms with Crippen molar-refractivity contribution >= 4 is 28.8 Å². The first-order chi connectivity index (χ1) is 6.16. The van der Waals surface area contributed by atoms with Crippen molar-refractivity contribution in [3.63, 3.8) is 0 Å². The van der Waals surface area contributed by atoms with Crippen LogP contribution in [0.4, 0.5) is 4.39 Å². The molecular weight excluding hydrogens is 213 g/mol. The van der Waals surface area contributed by atoms with Crippen LogP contribution in [0.3, 0.4) is 0 Å². The average Bonchev–Trinajstić information content (AvgIpc) is 2.45. The highest BCUT2D eigenvalue weighted by Gasteiger charge is 2.31. The first-order valence-corrected chi connectivity index (χ1v) is 5.05. The standard InChI is InChI=1S/C8H7ClFNOS/c9-7-2-1-6(13-7)8(12)11-3-5(10)4-11/h1-2,5H,3-4H2. The number of hydrogen-bond donors (Lipinski definition) is 0. The lowest BCUT2D eigenvalue weighted by Gasteiger charge is -2.33. The average molecular weight is 220 g/mol. The van der Waals surface area contributed by atoms with Crippen LogP contribution in [0.2, 0.25) is 4.34 Å². The van der Waals surface area contributed by atoms with Gasteiger partial charge in [-0.1, -0.05) is 11.6 Å². The molecule has 1 aromatic heterocycles. The number of halogens is 2. The molecule has 2 heterocycles. The minimum Gasteiger partial charge on any atom is -0.332 e. The third kappa shape index (κ3) is 1.69. The monoisotopic (exact) mass is 219 g/mol. The molecule has 0 aromatic carbocycles. The molecule has 0 saturated carbocycles. The number of nitrogens with zero attached hydrogens (tertiary/aromatic N) is 1. The maximum absolute atomic E-state index is 12.4. The molecule has 5 heteroatoms. The van der Waals surface area contributed by atoms with Crippen LogP contribution in [0, 0.1) is 0 Å². The number of amides is 1. The lowest BCUT2D eigenvalue weighted by Crippen LogP contribution is -2.51. The fraction of sp³-hybridized carbons (Fsp3) is 0.375. The van der Waals surface area contributed by atoms with Gasteiger partial charge in [0.1, 0.15) is 6.17 Å². The molecule has 2 rings (SSSR count). The number of carbonyl (C=O) groups is 1. The second kappa shape index (κ2) is 3.27. The van der Waals surface area contributed by atoms with Gasteiger partial charge in [0, 0.05) is 0 Å². The van der Waals surface area contributed by atoms with E-state index in [0.717, 1.165) is 0 Å². The molecule has 1 amide bonds. The minimum absolute atomic E-state index is 0.120. The summed E-state index contributed by atoms with van der Waals surface area (Å²) in [4.78, 5) is 13.6. The zero-order chi connectivity index (χ0) is 9.42. The summed E-state index contributed by atoms with van der Waals surface area (Å²) in [6.07, 6.45) is -0.848. The molecule has 0 spiro atoms. The molecule has 1 aliphatic rings. The predicted molar refractivity (Wildman–Crippen MR) is 50.1 cm³/mol. The van der Waals surface area contributed by atoms with Crippen molar-refractivity contribution in [2.75, 3.05) is 13.1 Å². The summed E-state index contributed by atoms with van der Waals surface area (Å²) in [5.41, 5.74) is 0. The van der Waals surface area contributed by atoms with Gasteiger partial charge in [0.05, 0.1) is 22.3 Å². The molecule has 13 heavy (non-hydrogen) atoms. The Bertz CT molecular complexity index is 335. The second-order valence-electron chi connectivity index (χ2n) is 2.91. The van der Waals surface area contributed by atoms with Crippen LogP contribution in [0.25, 0.3) is 0 Å². The molecule has 1 fully saturated rings. The van der Waals surface area contributed by atoms with E-state index in [0.29, 0.717) is 9.21 Å². The molecule has 0 N–H and O–H groups in total. The molecule has 0 bridgehead atoms. The van der Waals surface area contributed by atoms with E-state index < -0.39 is 6.17 Å². The van der Waals surface area contributed by atoms with Crippen molar-refractivity contribution < 1.29 is 9.18 Å². The maximum atomic E-state index is 12.4. The highest BCUT2D eigenvalue weighted by atomic mass is 35.5. The van der Waals surface area contributed by atoms with Crippen LogP contribution >= 0.6 is 22.9 Å². The van der Waals surface area contributed by atoms with E-state index in [4.69, 9.17) is 11.6 Å². The van der Waals surface area contributed by atoms with Crippen molar-refractivity contribution in [1.29, 1.82) is 0 Å². The molecule has 2 nitrogen and oxygen atoms in total. The molecule has 1 saturated heterocycles. The molecule has 0 atom stereocenters. The topological polar surface area (TPSA) is 20.3 Å². The summed E-state index contributed by atoms with van der Waals surface area (Å²) in [6, 6.07) is 3.34. The van der Waals surface area contributed by atoms with Gasteiger partial charge in [0.2, 0.25) is 0 Å². The third-order valence-electron chi connectivity index (χ3n) is 1.91. The van der Waals surface area contributed by atoms with E-state index in [2.05, 4.69) is 0 Å². The summed E-state index contributed by atoms with van der Waals surface area (Å²) in [7, 11) is 0. The Hall–Kier alpha value is -0.610. The van der Waals surface area contributed by atoms with Gasteiger partial charge in [-0.15, -0.1) is 11.3 Å². The first kappa shape index (κ1) is 8.97. The van der Waals surface area contributed by atoms with E-state index >= 15 is 0 Å². The van der Waals surface area contributed by atoms with Gasteiger partial charge in [-0.05, 0) is 12.1 Å². The quantitative estimate of drug-likeness (QED) is 0.709. The first-order valence-electron chi connectivity index (χ1n) is 3.85. The molecule has 70 valence electrons. The van der Waals surface area contributed by atoms with Crippen LogP contribution in [-0.2, 0) is 0 Å². The molecule has 0 unspecified atom stereocenters. The van der Waals surface area contributed by atoms with Crippen molar-refractivity contribution in [2.45, 2.75) is 6.17 Å². The zero-order valence-electron chi connectivity index (χ0n) is 6.67. The van der Waals surface area contributed by atoms with Gasteiger partial charge in [-0.3, -0.25) is 4.79 Å². The lowest BCUT2D eigenvalue weighted by molar-refractivity contribution is 0.0405. The number of thiophene rings is 1. The largest absolute Gasteiger partial charge is 0.332 e. The highest BCUT2D eigenvalue weighted by Crippen LogP contribution is 2.24. The van der Waals surface area contributed by atoms with Crippen LogP contribution in [-0.4, -0.2) is 30.1 Å². The van der Waals surface area contributed by atoms with Gasteiger partial charge < -0.3 is 4.90 Å². The predicted octanol–water partition coefficient (Wildman–Crippen LogP) is 2.20. The maximum Gasteiger partial charge on any atom is 0.264 e. The number of hydrogen-bond acceptors (Lipinski definition) is 2. The van der Waals surface area contributed by atoms with E-state index in [1.807, 2.05) is 0 Å². The fourth-order valence-electron chi connectivity index (χ4n) is 1.18. The Balaban J connectivity index is 2.06. The summed E-state index contributed by atoms with van der Waals surface area (Å²) < 4.78 is 13.0. The third-order valence-corrected chi connectivity index (χ3v) is 3.13. The van der Waals surface area contributed by atoms with Crippen LogP contribution < -0.4 is 0 Å². The second-order valence-corrected chi connectivity index (χ2v) is 4.63. The zero-order valence-corrected chi connectivity index (χ0v) is 8.24. The smallest absolute Gasteiger partial charge is 0.264 e. The van der Waals surface area contributed by atoms with Gasteiger partial charge >= 0.3 is 0 Å². The van der Waals surface area contributed by atoms with E-state index in [-0.39, 0.29) is 19.0 Å². The molecule has 0 aliphatic carbocycles. The summed E-state index contributed by atoms with van der Waals surface area (Å²) in [6.45, 7) is 0.433. The van der Waals surface area contributed by atoms with Gasteiger partial charge in [-0.25, -0.2) is 4.39 Å². The number of alkyl halides is 1. The fourth-order valence-corrected chi connectivity index (χ4v) is 2.19. The number of rotatable bonds is 1. The number of carbonyl (C=O) groups excluding carboxylic acids is 1. The van der Waals surface area contributed by atoms with Crippen LogP contribution in [0.5, 0.6) is 0 Å². The molecule has 1 aliphatic heterocycles. The Morgan fingerprint density at radius 3 is 2.77 bits per heavy atom. The minimum atomic E-state index is -0.848. The Labute approximate surface area is 83.9 Å². The molecule has 0 radical (unpaired) electrons. The summed E-state index contributed by atoms with van der Waals surface area (Å²) in [5, 5.41) is 0. The lowest BCUT2D eigenvalue weighted by atomic mass is 10.2. The van der Waals surface area contributed by atoms with E-state index in [9.17, 15) is 9.18 Å². The Kier molecular flexibility index (Phi) is 2.26. The van der Waals surface area contributed by atoms with E-state index in [1.54, 1.807) is 12.1 Å². The Morgan fingerprint density at radius 2 is 2.31 bits per heavy atom. The van der Waals surface area contributed by atoms with E-state index in [1.165, 1.54) is 16.2 Å². The summed E-state index contributed by atoms with van der Waals surface area (Å²) >= 11 is 6.90. The van der Waals surface area contributed by atoms with Crippen molar-refractivity contribution in [2.24, 2.45) is 0 Å².